The molecule has 82 valence electrons. The van der Waals surface area contributed by atoms with Crippen LogP contribution in [0.5, 0.6) is 0 Å². The van der Waals surface area contributed by atoms with E-state index >= 15 is 0 Å². The van der Waals surface area contributed by atoms with Gasteiger partial charge in [0.25, 0.3) is 0 Å². The van der Waals surface area contributed by atoms with Crippen LogP contribution in [0.3, 0.4) is 0 Å². The molecule has 1 rings (SSSR count). The number of hydrogen-bond acceptors (Lipinski definition) is 1. The molecule has 0 aromatic heterocycles. The van der Waals surface area contributed by atoms with E-state index in [0.29, 0.717) is 11.1 Å². The van der Waals surface area contributed by atoms with Crippen molar-refractivity contribution in [2.45, 2.75) is 13.8 Å². The standard InChI is InChI=1S/C15H16O/c1-5-9-13-11(7-3)14(10-6-2)15(16)12(13)8-4/h5-10H,3-4H2,1-2H3/b9-5-,10-6-. The van der Waals surface area contributed by atoms with Crippen molar-refractivity contribution in [3.63, 3.8) is 0 Å². The summed E-state index contributed by atoms with van der Waals surface area (Å²) in [6, 6.07) is 0. The summed E-state index contributed by atoms with van der Waals surface area (Å²) in [5.74, 6) is 0.0242. The number of carbonyl (C=O) groups excluding carboxylic acids is 1. The second kappa shape index (κ2) is 5.26. The molecule has 1 aliphatic carbocycles. The van der Waals surface area contributed by atoms with Gasteiger partial charge in [-0.25, -0.2) is 0 Å². The van der Waals surface area contributed by atoms with Gasteiger partial charge >= 0.3 is 0 Å². The molecule has 0 bridgehead atoms. The fourth-order valence-electron chi connectivity index (χ4n) is 1.78. The average Bonchev–Trinajstić information content (AvgIpc) is 2.53. The highest BCUT2D eigenvalue weighted by molar-refractivity contribution is 6.17. The molecule has 0 fully saturated rings. The van der Waals surface area contributed by atoms with Gasteiger partial charge in [0, 0.05) is 11.1 Å². The number of rotatable bonds is 4. The first-order valence-electron chi connectivity index (χ1n) is 5.25. The van der Waals surface area contributed by atoms with Gasteiger partial charge in [-0.05, 0) is 25.0 Å². The maximum absolute atomic E-state index is 12.1. The highest BCUT2D eigenvalue weighted by Gasteiger charge is 2.25. The fourth-order valence-corrected chi connectivity index (χ4v) is 1.78. The first-order chi connectivity index (χ1) is 7.71. The lowest BCUT2D eigenvalue weighted by molar-refractivity contribution is -0.111. The van der Waals surface area contributed by atoms with Crippen LogP contribution in [0.15, 0.2) is 71.9 Å². The first-order valence-corrected chi connectivity index (χ1v) is 5.25. The lowest BCUT2D eigenvalue weighted by atomic mass is 10.0. The molecular formula is C15H16O. The Hall–Kier alpha value is -1.89. The van der Waals surface area contributed by atoms with Crippen LogP contribution in [0.25, 0.3) is 0 Å². The fraction of sp³-hybridized carbons (Fsp3) is 0.133. The Kier molecular flexibility index (Phi) is 4.01. The van der Waals surface area contributed by atoms with Crippen molar-refractivity contribution in [2.24, 2.45) is 0 Å². The van der Waals surface area contributed by atoms with Crippen LogP contribution >= 0.6 is 0 Å². The molecule has 0 aromatic rings. The molecule has 0 heterocycles. The van der Waals surface area contributed by atoms with E-state index in [1.54, 1.807) is 12.2 Å². The van der Waals surface area contributed by atoms with Crippen molar-refractivity contribution in [1.82, 2.24) is 0 Å². The normalized spacial score (nSPS) is 17.0. The van der Waals surface area contributed by atoms with Gasteiger partial charge in [-0.15, -0.1) is 0 Å². The van der Waals surface area contributed by atoms with E-state index < -0.39 is 0 Å². The Morgan fingerprint density at radius 1 is 0.812 bits per heavy atom. The summed E-state index contributed by atoms with van der Waals surface area (Å²) >= 11 is 0. The summed E-state index contributed by atoms with van der Waals surface area (Å²) in [5.41, 5.74) is 3.14. The molecule has 0 aliphatic heterocycles. The van der Waals surface area contributed by atoms with Crippen LogP contribution in [0.2, 0.25) is 0 Å². The van der Waals surface area contributed by atoms with Gasteiger partial charge in [0.1, 0.15) is 0 Å². The van der Waals surface area contributed by atoms with Crippen molar-refractivity contribution in [3.05, 3.63) is 71.9 Å². The van der Waals surface area contributed by atoms with Gasteiger partial charge in [-0.3, -0.25) is 4.79 Å². The topological polar surface area (TPSA) is 17.1 Å². The van der Waals surface area contributed by atoms with Crippen molar-refractivity contribution in [3.8, 4) is 0 Å². The monoisotopic (exact) mass is 212 g/mol. The SMILES string of the molecule is C=CC1=C(/C=C\C)C(=O)C(C=C)=C1/C=C\C. The van der Waals surface area contributed by atoms with Gasteiger partial charge in [-0.1, -0.05) is 49.6 Å². The van der Waals surface area contributed by atoms with Crippen LogP contribution in [-0.2, 0) is 4.79 Å². The summed E-state index contributed by atoms with van der Waals surface area (Å²) in [5, 5.41) is 0. The maximum atomic E-state index is 12.1. The Labute approximate surface area is 96.9 Å². The van der Waals surface area contributed by atoms with Crippen LogP contribution < -0.4 is 0 Å². The van der Waals surface area contributed by atoms with E-state index in [4.69, 9.17) is 0 Å². The highest BCUT2D eigenvalue weighted by Crippen LogP contribution is 2.32. The van der Waals surface area contributed by atoms with Gasteiger partial charge in [0.2, 0.25) is 0 Å². The Morgan fingerprint density at radius 2 is 1.31 bits per heavy atom. The predicted octanol–water partition coefficient (Wildman–Crippen LogP) is 3.69. The van der Waals surface area contributed by atoms with E-state index in [1.807, 2.05) is 38.2 Å². The minimum absolute atomic E-state index is 0.0242. The second-order valence-corrected chi connectivity index (χ2v) is 3.39. The van der Waals surface area contributed by atoms with E-state index in [2.05, 4.69) is 13.2 Å². The molecule has 16 heavy (non-hydrogen) atoms. The molecule has 0 unspecified atom stereocenters. The summed E-state index contributed by atoms with van der Waals surface area (Å²) in [7, 11) is 0. The number of ketones is 1. The van der Waals surface area contributed by atoms with Gasteiger partial charge in [-0.2, -0.15) is 0 Å². The van der Waals surface area contributed by atoms with E-state index in [0.717, 1.165) is 11.1 Å². The van der Waals surface area contributed by atoms with Crippen LogP contribution in [-0.4, -0.2) is 5.78 Å². The lowest BCUT2D eigenvalue weighted by Crippen LogP contribution is -1.98. The second-order valence-electron chi connectivity index (χ2n) is 3.39. The average molecular weight is 212 g/mol. The Bertz CT molecular complexity index is 454. The quantitative estimate of drug-likeness (QED) is 0.694. The minimum Gasteiger partial charge on any atom is -0.289 e. The van der Waals surface area contributed by atoms with Gasteiger partial charge < -0.3 is 0 Å². The third-order valence-electron chi connectivity index (χ3n) is 2.43. The number of allylic oxidation sites excluding steroid dienone is 10. The summed E-state index contributed by atoms with van der Waals surface area (Å²) < 4.78 is 0. The third kappa shape index (κ3) is 1.89. The van der Waals surface area contributed by atoms with Crippen molar-refractivity contribution in [1.29, 1.82) is 0 Å². The minimum atomic E-state index is 0.0242. The van der Waals surface area contributed by atoms with Crippen molar-refractivity contribution in [2.75, 3.05) is 0 Å². The van der Waals surface area contributed by atoms with Gasteiger partial charge in [0.15, 0.2) is 5.78 Å². The zero-order valence-corrected chi connectivity index (χ0v) is 9.79. The molecule has 0 spiro atoms. The molecule has 0 radical (unpaired) electrons. The molecule has 0 aromatic carbocycles. The molecule has 0 saturated heterocycles. The summed E-state index contributed by atoms with van der Waals surface area (Å²) in [6.07, 6.45) is 10.8. The molecule has 1 nitrogen and oxygen atoms in total. The number of Topliss-reactive ketones (excluding diaryl/α,β-unsaturated/α-hetero) is 1. The summed E-state index contributed by atoms with van der Waals surface area (Å²) in [6.45, 7) is 11.3. The van der Waals surface area contributed by atoms with Crippen molar-refractivity contribution < 1.29 is 4.79 Å². The number of hydrogen-bond donors (Lipinski definition) is 0. The zero-order valence-electron chi connectivity index (χ0n) is 9.79. The van der Waals surface area contributed by atoms with Crippen molar-refractivity contribution >= 4 is 5.78 Å². The summed E-state index contributed by atoms with van der Waals surface area (Å²) in [4.78, 5) is 12.1. The molecular weight excluding hydrogens is 196 g/mol. The lowest BCUT2D eigenvalue weighted by Gasteiger charge is -1.98. The van der Waals surface area contributed by atoms with E-state index in [-0.39, 0.29) is 5.78 Å². The third-order valence-corrected chi connectivity index (χ3v) is 2.43. The van der Waals surface area contributed by atoms with Crippen LogP contribution in [0, 0.1) is 0 Å². The molecule has 1 aliphatic rings. The maximum Gasteiger partial charge on any atom is 0.194 e. The van der Waals surface area contributed by atoms with Crippen LogP contribution in [0.1, 0.15) is 13.8 Å². The molecule has 0 atom stereocenters. The Balaban J connectivity index is 3.46. The molecule has 1 heteroatoms. The highest BCUT2D eigenvalue weighted by atomic mass is 16.1. The zero-order chi connectivity index (χ0) is 12.1. The van der Waals surface area contributed by atoms with Gasteiger partial charge in [0.05, 0.1) is 0 Å². The van der Waals surface area contributed by atoms with E-state index in [1.165, 1.54) is 0 Å². The Morgan fingerprint density at radius 3 is 1.75 bits per heavy atom. The molecule has 0 amide bonds. The van der Waals surface area contributed by atoms with Crippen LogP contribution in [0.4, 0.5) is 0 Å². The molecule has 0 saturated carbocycles. The molecule has 0 N–H and O–H groups in total. The number of carbonyl (C=O) groups is 1. The first kappa shape index (κ1) is 12.2. The smallest absolute Gasteiger partial charge is 0.194 e. The predicted molar refractivity (Wildman–Crippen MR) is 69.1 cm³/mol. The largest absolute Gasteiger partial charge is 0.289 e. The van der Waals surface area contributed by atoms with E-state index in [9.17, 15) is 4.79 Å².